The second-order valence-corrected chi connectivity index (χ2v) is 5.59. The van der Waals surface area contributed by atoms with Crippen LogP contribution in [0.25, 0.3) is 0 Å². The predicted octanol–water partition coefficient (Wildman–Crippen LogP) is 1.31. The predicted molar refractivity (Wildman–Crippen MR) is 67.3 cm³/mol. The minimum atomic E-state index is -0.101. The number of carbonyl (C=O) groups is 2. The molecule has 1 fully saturated rings. The molecule has 0 saturated heterocycles. The summed E-state index contributed by atoms with van der Waals surface area (Å²) in [7, 11) is 0. The maximum atomic E-state index is 11.7. The standard InChI is InChI=1S/C13H24N2O2/c1-8(2)5-6-14-12(16)10-7-11(10)13(17)15-9(3)4/h8-11H,5-7H2,1-4H3,(H,14,16)(H,15,17). The molecule has 0 bridgehead atoms. The highest BCUT2D eigenvalue weighted by Crippen LogP contribution is 2.38. The monoisotopic (exact) mass is 240 g/mol. The van der Waals surface area contributed by atoms with Gasteiger partial charge in [-0.25, -0.2) is 0 Å². The first-order valence-corrected chi connectivity index (χ1v) is 6.50. The lowest BCUT2D eigenvalue weighted by Gasteiger charge is -2.08. The molecule has 4 heteroatoms. The van der Waals surface area contributed by atoms with Crippen molar-refractivity contribution in [3.05, 3.63) is 0 Å². The molecular weight excluding hydrogens is 216 g/mol. The van der Waals surface area contributed by atoms with Crippen molar-refractivity contribution in [3.63, 3.8) is 0 Å². The first kappa shape index (κ1) is 14.0. The third-order valence-corrected chi connectivity index (χ3v) is 2.92. The lowest BCUT2D eigenvalue weighted by molar-refractivity contribution is -0.127. The van der Waals surface area contributed by atoms with E-state index in [1.807, 2.05) is 13.8 Å². The van der Waals surface area contributed by atoms with Gasteiger partial charge in [0.2, 0.25) is 11.8 Å². The molecule has 2 unspecified atom stereocenters. The van der Waals surface area contributed by atoms with Gasteiger partial charge >= 0.3 is 0 Å². The van der Waals surface area contributed by atoms with Gasteiger partial charge in [0.15, 0.2) is 0 Å². The van der Waals surface area contributed by atoms with Crippen LogP contribution in [0.2, 0.25) is 0 Å². The Hall–Kier alpha value is -1.06. The van der Waals surface area contributed by atoms with Crippen LogP contribution in [-0.4, -0.2) is 24.4 Å². The molecule has 1 aliphatic carbocycles. The highest BCUT2D eigenvalue weighted by Gasteiger charge is 2.47. The molecule has 1 saturated carbocycles. The van der Waals surface area contributed by atoms with Gasteiger partial charge in [-0.15, -0.1) is 0 Å². The van der Waals surface area contributed by atoms with E-state index >= 15 is 0 Å². The van der Waals surface area contributed by atoms with Gasteiger partial charge < -0.3 is 10.6 Å². The molecule has 0 radical (unpaired) electrons. The summed E-state index contributed by atoms with van der Waals surface area (Å²) in [6, 6.07) is 0.146. The maximum Gasteiger partial charge on any atom is 0.224 e. The topological polar surface area (TPSA) is 58.2 Å². The Morgan fingerprint density at radius 1 is 1.12 bits per heavy atom. The van der Waals surface area contributed by atoms with Crippen LogP contribution < -0.4 is 10.6 Å². The lowest BCUT2D eigenvalue weighted by atomic mass is 10.1. The van der Waals surface area contributed by atoms with E-state index in [0.29, 0.717) is 18.9 Å². The van der Waals surface area contributed by atoms with E-state index in [1.165, 1.54) is 0 Å². The van der Waals surface area contributed by atoms with Crippen LogP contribution in [0.1, 0.15) is 40.5 Å². The molecular formula is C13H24N2O2. The average molecular weight is 240 g/mol. The van der Waals surface area contributed by atoms with Crippen LogP contribution in [0.15, 0.2) is 0 Å². The molecule has 0 aromatic carbocycles. The molecule has 0 aromatic heterocycles. The highest BCUT2D eigenvalue weighted by molar-refractivity contribution is 5.92. The number of hydrogen-bond acceptors (Lipinski definition) is 2. The van der Waals surface area contributed by atoms with Gasteiger partial charge in [0.1, 0.15) is 0 Å². The molecule has 98 valence electrons. The van der Waals surface area contributed by atoms with Crippen molar-refractivity contribution in [2.24, 2.45) is 17.8 Å². The van der Waals surface area contributed by atoms with Crippen molar-refractivity contribution in [3.8, 4) is 0 Å². The Labute approximate surface area is 104 Å². The van der Waals surface area contributed by atoms with Gasteiger partial charge in [-0.05, 0) is 32.6 Å². The largest absolute Gasteiger partial charge is 0.356 e. The molecule has 0 heterocycles. The van der Waals surface area contributed by atoms with Crippen molar-refractivity contribution < 1.29 is 9.59 Å². The third-order valence-electron chi connectivity index (χ3n) is 2.92. The molecule has 0 aromatic rings. The Balaban J connectivity index is 2.21. The van der Waals surface area contributed by atoms with E-state index in [9.17, 15) is 9.59 Å². The fourth-order valence-corrected chi connectivity index (χ4v) is 1.78. The number of nitrogens with one attached hydrogen (secondary N) is 2. The van der Waals surface area contributed by atoms with Gasteiger partial charge in [-0.3, -0.25) is 9.59 Å². The van der Waals surface area contributed by atoms with Gasteiger partial charge in [-0.1, -0.05) is 13.8 Å². The van der Waals surface area contributed by atoms with Crippen LogP contribution in [0, 0.1) is 17.8 Å². The van der Waals surface area contributed by atoms with Crippen LogP contribution in [0.3, 0.4) is 0 Å². The second kappa shape index (κ2) is 6.03. The molecule has 0 spiro atoms. The van der Waals surface area contributed by atoms with Crippen LogP contribution in [-0.2, 0) is 9.59 Å². The van der Waals surface area contributed by atoms with Crippen LogP contribution in [0.4, 0.5) is 0 Å². The van der Waals surface area contributed by atoms with Crippen molar-refractivity contribution in [2.75, 3.05) is 6.54 Å². The fourth-order valence-electron chi connectivity index (χ4n) is 1.78. The van der Waals surface area contributed by atoms with E-state index in [2.05, 4.69) is 24.5 Å². The van der Waals surface area contributed by atoms with Crippen LogP contribution >= 0.6 is 0 Å². The number of amides is 2. The zero-order valence-electron chi connectivity index (χ0n) is 11.2. The minimum Gasteiger partial charge on any atom is -0.356 e. The maximum absolute atomic E-state index is 11.7. The fraction of sp³-hybridized carbons (Fsp3) is 0.846. The van der Waals surface area contributed by atoms with Crippen LogP contribution in [0.5, 0.6) is 0 Å². The average Bonchev–Trinajstić information content (AvgIpc) is 2.94. The Morgan fingerprint density at radius 3 is 2.24 bits per heavy atom. The summed E-state index contributed by atoms with van der Waals surface area (Å²) in [4.78, 5) is 23.3. The van der Waals surface area contributed by atoms with Crippen molar-refractivity contribution in [1.29, 1.82) is 0 Å². The Morgan fingerprint density at radius 2 is 1.71 bits per heavy atom. The first-order valence-electron chi connectivity index (χ1n) is 6.50. The molecule has 17 heavy (non-hydrogen) atoms. The zero-order valence-corrected chi connectivity index (χ0v) is 11.2. The van der Waals surface area contributed by atoms with E-state index in [0.717, 1.165) is 6.42 Å². The Bertz CT molecular complexity index is 287. The van der Waals surface area contributed by atoms with Crippen molar-refractivity contribution in [2.45, 2.75) is 46.6 Å². The molecule has 1 rings (SSSR count). The Kier molecular flexibility index (Phi) is 4.97. The van der Waals surface area contributed by atoms with Gasteiger partial charge in [-0.2, -0.15) is 0 Å². The van der Waals surface area contributed by atoms with E-state index < -0.39 is 0 Å². The molecule has 2 N–H and O–H groups in total. The van der Waals surface area contributed by atoms with Gasteiger partial charge in [0.05, 0.1) is 11.8 Å². The van der Waals surface area contributed by atoms with E-state index in [1.54, 1.807) is 0 Å². The van der Waals surface area contributed by atoms with Crippen molar-refractivity contribution in [1.82, 2.24) is 10.6 Å². The third kappa shape index (κ3) is 4.75. The molecule has 1 aliphatic rings. The quantitative estimate of drug-likeness (QED) is 0.735. The molecule has 0 aliphatic heterocycles. The molecule has 2 atom stereocenters. The first-order chi connectivity index (χ1) is 7.91. The number of hydrogen-bond donors (Lipinski definition) is 2. The zero-order chi connectivity index (χ0) is 13.0. The van der Waals surface area contributed by atoms with Crippen molar-refractivity contribution >= 4 is 11.8 Å². The summed E-state index contributed by atoms with van der Waals surface area (Å²) in [6.07, 6.45) is 1.69. The molecule has 2 amide bonds. The SMILES string of the molecule is CC(C)CCNC(=O)C1CC1C(=O)NC(C)C. The number of carbonyl (C=O) groups excluding carboxylic acids is 2. The normalized spacial score (nSPS) is 22.7. The summed E-state index contributed by atoms with van der Waals surface area (Å²) in [6.45, 7) is 8.83. The summed E-state index contributed by atoms with van der Waals surface area (Å²) < 4.78 is 0. The summed E-state index contributed by atoms with van der Waals surface area (Å²) in [5, 5.41) is 5.74. The van der Waals surface area contributed by atoms with E-state index in [-0.39, 0.29) is 29.7 Å². The van der Waals surface area contributed by atoms with Gasteiger partial charge in [0.25, 0.3) is 0 Å². The second-order valence-electron chi connectivity index (χ2n) is 5.59. The summed E-state index contributed by atoms with van der Waals surface area (Å²) in [5.41, 5.74) is 0. The summed E-state index contributed by atoms with van der Waals surface area (Å²) >= 11 is 0. The van der Waals surface area contributed by atoms with E-state index in [4.69, 9.17) is 0 Å². The lowest BCUT2D eigenvalue weighted by Crippen LogP contribution is -2.34. The summed E-state index contributed by atoms with van der Waals surface area (Å²) in [5.74, 6) is 0.450. The smallest absolute Gasteiger partial charge is 0.224 e. The number of rotatable bonds is 6. The highest BCUT2D eigenvalue weighted by atomic mass is 16.2. The van der Waals surface area contributed by atoms with Gasteiger partial charge in [0, 0.05) is 12.6 Å². The minimum absolute atomic E-state index is 0.0176. The molecule has 4 nitrogen and oxygen atoms in total.